The molecule has 0 atom stereocenters. The minimum atomic E-state index is -2.97. The zero-order valence-electron chi connectivity index (χ0n) is 17.5. The van der Waals surface area contributed by atoms with Gasteiger partial charge in [-0.3, -0.25) is 4.90 Å². The molecule has 1 aromatic heterocycles. The van der Waals surface area contributed by atoms with Crippen LogP contribution < -0.4 is 0 Å². The van der Waals surface area contributed by atoms with E-state index in [1.807, 2.05) is 17.5 Å². The summed E-state index contributed by atoms with van der Waals surface area (Å²) in [6, 6.07) is 3.65. The SMILES string of the molecule is Cl.[2H]C1([2H])N(C2(c3cccs3)CCCCC2)C([2H])([2H])C([2H])([2H])C1([2H])[2H]. The van der Waals surface area contributed by atoms with Crippen LogP contribution in [-0.2, 0) is 5.54 Å². The minimum Gasteiger partial charge on any atom is -0.293 e. The number of halogens is 1. The first kappa shape index (κ1) is 6.40. The molecule has 3 heteroatoms. The first-order chi connectivity index (χ1) is 10.9. The van der Waals surface area contributed by atoms with E-state index >= 15 is 0 Å². The second-order valence-electron chi connectivity index (χ2n) is 4.38. The van der Waals surface area contributed by atoms with Crippen LogP contribution in [0.4, 0.5) is 0 Å². The fraction of sp³-hybridized carbons (Fsp3) is 0.714. The summed E-state index contributed by atoms with van der Waals surface area (Å²) in [6.45, 7) is -5.53. The van der Waals surface area contributed by atoms with Crippen molar-refractivity contribution in [3.63, 3.8) is 0 Å². The molecule has 1 saturated carbocycles. The molecule has 0 amide bonds. The Morgan fingerprint density at radius 3 is 2.47 bits per heavy atom. The maximum Gasteiger partial charge on any atom is 0.0553 e. The Hall–Kier alpha value is -0.0500. The van der Waals surface area contributed by atoms with Crippen molar-refractivity contribution in [2.45, 2.75) is 50.4 Å². The van der Waals surface area contributed by atoms with Gasteiger partial charge in [-0.05, 0) is 50.0 Å². The smallest absolute Gasteiger partial charge is 0.0553 e. The largest absolute Gasteiger partial charge is 0.293 e. The Labute approximate surface area is 126 Å². The lowest BCUT2D eigenvalue weighted by Crippen LogP contribution is -2.45. The van der Waals surface area contributed by atoms with Crippen molar-refractivity contribution in [2.75, 3.05) is 13.0 Å². The second-order valence-corrected chi connectivity index (χ2v) is 5.33. The lowest BCUT2D eigenvalue weighted by atomic mass is 9.79. The maximum absolute atomic E-state index is 8.36. The van der Waals surface area contributed by atoms with Crippen LogP contribution in [0.2, 0.25) is 0 Å². The normalized spacial score (nSPS) is 43.3. The molecule has 0 unspecified atom stereocenters. The predicted molar refractivity (Wildman–Crippen MR) is 77.1 cm³/mol. The molecule has 0 bridgehead atoms. The van der Waals surface area contributed by atoms with E-state index in [9.17, 15) is 0 Å². The summed E-state index contributed by atoms with van der Waals surface area (Å²) in [5.74, 6) is 0. The van der Waals surface area contributed by atoms with Gasteiger partial charge in [0.05, 0.1) is 5.54 Å². The Balaban J connectivity index is 0.00000225. The lowest BCUT2D eigenvalue weighted by Gasteiger charge is -2.44. The van der Waals surface area contributed by atoms with Gasteiger partial charge in [0.15, 0.2) is 0 Å². The molecule has 17 heavy (non-hydrogen) atoms. The molecule has 0 radical (unpaired) electrons. The van der Waals surface area contributed by atoms with Gasteiger partial charge in [-0.1, -0.05) is 25.3 Å². The molecule has 2 fully saturated rings. The fourth-order valence-electron chi connectivity index (χ4n) is 2.67. The highest BCUT2D eigenvalue weighted by molar-refractivity contribution is 7.10. The zero-order chi connectivity index (χ0) is 18.0. The summed E-state index contributed by atoms with van der Waals surface area (Å²) in [7, 11) is 0. The Morgan fingerprint density at radius 1 is 1.18 bits per heavy atom. The number of hydrogen-bond acceptors (Lipinski definition) is 2. The average molecular weight is 280 g/mol. The summed E-state index contributed by atoms with van der Waals surface area (Å²) in [5.41, 5.74) is -1.02. The molecule has 2 heterocycles. The van der Waals surface area contributed by atoms with E-state index in [1.165, 1.54) is 11.3 Å². The van der Waals surface area contributed by atoms with Crippen molar-refractivity contribution in [1.82, 2.24) is 4.90 Å². The highest BCUT2D eigenvalue weighted by Gasteiger charge is 2.41. The second kappa shape index (κ2) is 5.73. The van der Waals surface area contributed by atoms with Gasteiger partial charge >= 0.3 is 0 Å². The summed E-state index contributed by atoms with van der Waals surface area (Å²) < 4.78 is 65.6. The molecular weight excluding hydrogens is 250 g/mol. The van der Waals surface area contributed by atoms with E-state index in [-0.39, 0.29) is 12.4 Å². The van der Waals surface area contributed by atoms with Crippen molar-refractivity contribution in [2.24, 2.45) is 0 Å². The predicted octanol–water partition coefficient (Wildman–Crippen LogP) is 4.43. The Kier molecular flexibility index (Phi) is 2.16. The van der Waals surface area contributed by atoms with Crippen LogP contribution in [-0.4, -0.2) is 17.9 Å². The minimum absolute atomic E-state index is 0. The fourth-order valence-corrected chi connectivity index (χ4v) is 3.65. The van der Waals surface area contributed by atoms with Gasteiger partial charge in [0.25, 0.3) is 0 Å². The number of nitrogens with zero attached hydrogens (tertiary/aromatic N) is 1. The molecule has 96 valence electrons. The van der Waals surface area contributed by atoms with Crippen LogP contribution in [0.5, 0.6) is 0 Å². The summed E-state index contributed by atoms with van der Waals surface area (Å²) in [4.78, 5) is 1.67. The van der Waals surface area contributed by atoms with Crippen LogP contribution in [0, 0.1) is 0 Å². The van der Waals surface area contributed by atoms with Crippen LogP contribution in [0.25, 0.3) is 0 Å². The lowest BCUT2D eigenvalue weighted by molar-refractivity contribution is 0.0741. The van der Waals surface area contributed by atoms with Crippen molar-refractivity contribution < 1.29 is 11.0 Å². The van der Waals surface area contributed by atoms with Gasteiger partial charge in [0.2, 0.25) is 0 Å². The van der Waals surface area contributed by atoms with Crippen molar-refractivity contribution in [1.29, 1.82) is 0 Å². The van der Waals surface area contributed by atoms with Gasteiger partial charge in [0.1, 0.15) is 0 Å². The molecule has 3 rings (SSSR count). The van der Waals surface area contributed by atoms with Gasteiger partial charge in [0, 0.05) is 15.8 Å². The number of thiophene rings is 1. The van der Waals surface area contributed by atoms with Crippen LogP contribution in [0.1, 0.15) is 60.7 Å². The van der Waals surface area contributed by atoms with E-state index in [0.717, 1.165) is 29.0 Å². The van der Waals surface area contributed by atoms with E-state index in [4.69, 9.17) is 11.0 Å². The third-order valence-electron chi connectivity index (χ3n) is 3.49. The Bertz CT molecular complexity index is 586. The first-order valence-electron chi connectivity index (χ1n) is 9.77. The molecule has 1 aromatic rings. The standard InChI is InChI=1S/C14H21NS.ClH/c1-2-8-14(9-3-1,13-7-6-12-16-13)15-10-4-5-11-15;/h6-7,12H,1-5,8-11H2;1H/i4D2,5D2,10D2,11D2;. The molecule has 0 aromatic carbocycles. The number of rotatable bonds is 2. The highest BCUT2D eigenvalue weighted by atomic mass is 35.5. The van der Waals surface area contributed by atoms with Crippen LogP contribution >= 0.6 is 23.7 Å². The van der Waals surface area contributed by atoms with Gasteiger partial charge in [-0.2, -0.15) is 0 Å². The third kappa shape index (κ3) is 2.40. The molecular formula is C14H22ClNS. The van der Waals surface area contributed by atoms with Gasteiger partial charge in [-0.15, -0.1) is 23.7 Å². The molecule has 0 spiro atoms. The molecule has 1 aliphatic heterocycles. The Morgan fingerprint density at radius 2 is 1.88 bits per heavy atom. The summed E-state index contributed by atoms with van der Waals surface area (Å²) in [5, 5.41) is 1.84. The van der Waals surface area contributed by atoms with Crippen LogP contribution in [0.3, 0.4) is 0 Å². The maximum atomic E-state index is 8.36. The van der Waals surface area contributed by atoms with Gasteiger partial charge in [-0.25, -0.2) is 0 Å². The van der Waals surface area contributed by atoms with Crippen molar-refractivity contribution in [3.8, 4) is 0 Å². The zero-order valence-corrected chi connectivity index (χ0v) is 11.2. The van der Waals surface area contributed by atoms with E-state index in [1.54, 1.807) is 0 Å². The van der Waals surface area contributed by atoms with Crippen molar-refractivity contribution in [3.05, 3.63) is 22.4 Å². The first-order valence-corrected chi connectivity index (χ1v) is 6.65. The van der Waals surface area contributed by atoms with Crippen LogP contribution in [0.15, 0.2) is 17.5 Å². The molecule has 2 aliphatic rings. The molecule has 0 N–H and O–H groups in total. The summed E-state index contributed by atoms with van der Waals surface area (Å²) in [6.07, 6.45) is -2.40. The van der Waals surface area contributed by atoms with Crippen molar-refractivity contribution >= 4 is 23.7 Å². The molecule has 1 nitrogen and oxygen atoms in total. The van der Waals surface area contributed by atoms with Gasteiger partial charge < -0.3 is 0 Å². The average Bonchev–Trinajstić information content (AvgIpc) is 3.03. The summed E-state index contributed by atoms with van der Waals surface area (Å²) >= 11 is 1.40. The van der Waals surface area contributed by atoms with E-state index < -0.39 is 31.3 Å². The molecule has 1 aliphatic carbocycles. The monoisotopic (exact) mass is 279 g/mol. The third-order valence-corrected chi connectivity index (χ3v) is 4.55. The quantitative estimate of drug-likeness (QED) is 0.774. The van der Waals surface area contributed by atoms with E-state index in [0.29, 0.717) is 12.8 Å². The molecule has 1 saturated heterocycles. The van der Waals surface area contributed by atoms with E-state index in [2.05, 4.69) is 0 Å². The number of hydrogen-bond donors (Lipinski definition) is 0. The highest BCUT2D eigenvalue weighted by Crippen LogP contribution is 2.45. The topological polar surface area (TPSA) is 3.24 Å². The number of likely N-dealkylation sites (tertiary alicyclic amines) is 1.